The molecule has 0 spiro atoms. The van der Waals surface area contributed by atoms with E-state index in [1.54, 1.807) is 30.3 Å². The number of halogens is 3. The lowest BCUT2D eigenvalue weighted by Crippen LogP contribution is -2.15. The minimum Gasteiger partial charge on any atom is -0.478 e. The van der Waals surface area contributed by atoms with E-state index in [0.29, 0.717) is 5.56 Å². The molecule has 0 aromatic heterocycles. The highest BCUT2D eigenvalue weighted by atomic mass is 19.4. The Hall–Kier alpha value is -2.30. The summed E-state index contributed by atoms with van der Waals surface area (Å²) in [6.07, 6.45) is -4.89. The average Bonchev–Trinajstić information content (AvgIpc) is 2.36. The van der Waals surface area contributed by atoms with E-state index in [4.69, 9.17) is 5.11 Å². The molecule has 5 heteroatoms. The molecule has 0 atom stereocenters. The van der Waals surface area contributed by atoms with Crippen LogP contribution in [0.5, 0.6) is 0 Å². The molecule has 0 fully saturated rings. The third-order valence-electron chi connectivity index (χ3n) is 2.87. The summed E-state index contributed by atoms with van der Waals surface area (Å²) < 4.78 is 38.2. The number of aliphatic carboxylic acids is 1. The lowest BCUT2D eigenvalue weighted by molar-refractivity contribution is -0.132. The second kappa shape index (κ2) is 5.36. The van der Waals surface area contributed by atoms with Gasteiger partial charge in [-0.15, -0.1) is 0 Å². The zero-order chi connectivity index (χ0) is 14.8. The van der Waals surface area contributed by atoms with Crippen molar-refractivity contribution in [2.45, 2.75) is 12.6 Å². The van der Waals surface area contributed by atoms with Crippen LogP contribution in [0.3, 0.4) is 0 Å². The number of alkyl halides is 3. The highest BCUT2D eigenvalue weighted by molar-refractivity contribution is 5.83. The number of fused-ring (bicyclic) bond motifs is 1. The molecular weight excluding hydrogens is 269 g/mol. The second-order valence-electron chi connectivity index (χ2n) is 4.36. The van der Waals surface area contributed by atoms with Gasteiger partial charge < -0.3 is 5.11 Å². The van der Waals surface area contributed by atoms with Crippen LogP contribution in [0.1, 0.15) is 5.56 Å². The standard InChI is InChI=1S/C15H11F3O2/c16-15(17,18)13(9-14(19)20)8-10-5-6-11-3-1-2-4-12(11)7-10/h1-7,9H,8H2,(H,19,20)/b13-9+. The number of carbonyl (C=O) groups is 1. The Morgan fingerprint density at radius 2 is 1.75 bits per heavy atom. The van der Waals surface area contributed by atoms with Gasteiger partial charge in [-0.25, -0.2) is 4.79 Å². The highest BCUT2D eigenvalue weighted by Crippen LogP contribution is 2.29. The van der Waals surface area contributed by atoms with E-state index in [1.807, 2.05) is 12.1 Å². The van der Waals surface area contributed by atoms with E-state index in [0.717, 1.165) is 10.8 Å². The molecule has 104 valence electrons. The van der Waals surface area contributed by atoms with Crippen LogP contribution in [-0.2, 0) is 11.2 Å². The minimum atomic E-state index is -4.65. The van der Waals surface area contributed by atoms with E-state index in [9.17, 15) is 18.0 Å². The smallest absolute Gasteiger partial charge is 0.413 e. The maximum absolute atomic E-state index is 12.7. The van der Waals surface area contributed by atoms with Crippen molar-refractivity contribution in [3.8, 4) is 0 Å². The summed E-state index contributed by atoms with van der Waals surface area (Å²) in [5.41, 5.74) is -0.645. The number of rotatable bonds is 3. The molecule has 0 saturated carbocycles. The summed E-state index contributed by atoms with van der Waals surface area (Å²) in [5.74, 6) is -1.60. The van der Waals surface area contributed by atoms with E-state index in [1.165, 1.54) is 0 Å². The van der Waals surface area contributed by atoms with Crippen LogP contribution < -0.4 is 0 Å². The van der Waals surface area contributed by atoms with Crippen LogP contribution in [0, 0.1) is 0 Å². The molecule has 0 aliphatic heterocycles. The molecule has 0 saturated heterocycles. The molecule has 2 aromatic rings. The average molecular weight is 280 g/mol. The van der Waals surface area contributed by atoms with Crippen LogP contribution in [0.15, 0.2) is 54.1 Å². The van der Waals surface area contributed by atoms with Gasteiger partial charge in [-0.3, -0.25) is 0 Å². The molecule has 0 radical (unpaired) electrons. The fraction of sp³-hybridized carbons (Fsp3) is 0.133. The van der Waals surface area contributed by atoms with Gasteiger partial charge in [-0.2, -0.15) is 13.2 Å². The van der Waals surface area contributed by atoms with E-state index >= 15 is 0 Å². The summed E-state index contributed by atoms with van der Waals surface area (Å²) in [5, 5.41) is 10.3. The first kappa shape index (κ1) is 14.1. The first-order chi connectivity index (χ1) is 9.36. The molecule has 0 heterocycles. The predicted molar refractivity (Wildman–Crippen MR) is 69.4 cm³/mol. The van der Waals surface area contributed by atoms with Gasteiger partial charge in [0, 0.05) is 18.1 Å². The van der Waals surface area contributed by atoms with Crippen molar-refractivity contribution in [1.29, 1.82) is 0 Å². The molecule has 2 rings (SSSR count). The summed E-state index contributed by atoms with van der Waals surface area (Å²) in [4.78, 5) is 10.5. The molecule has 2 aromatic carbocycles. The Kier molecular flexibility index (Phi) is 3.79. The summed E-state index contributed by atoms with van der Waals surface area (Å²) >= 11 is 0. The lowest BCUT2D eigenvalue weighted by Gasteiger charge is -2.11. The lowest BCUT2D eigenvalue weighted by atomic mass is 10.0. The third kappa shape index (κ3) is 3.38. The molecule has 2 nitrogen and oxygen atoms in total. The van der Waals surface area contributed by atoms with Crippen molar-refractivity contribution in [3.63, 3.8) is 0 Å². The van der Waals surface area contributed by atoms with Gasteiger partial charge in [0.05, 0.1) is 0 Å². The second-order valence-corrected chi connectivity index (χ2v) is 4.36. The molecular formula is C15H11F3O2. The number of benzene rings is 2. The SMILES string of the molecule is O=C(O)/C=C(\Cc1ccc2ccccc2c1)C(F)(F)F. The van der Waals surface area contributed by atoms with Gasteiger partial charge in [-0.05, 0) is 16.3 Å². The van der Waals surface area contributed by atoms with Crippen LogP contribution >= 0.6 is 0 Å². The third-order valence-corrected chi connectivity index (χ3v) is 2.87. The Bertz CT molecular complexity index is 672. The maximum atomic E-state index is 12.7. The van der Waals surface area contributed by atoms with Crippen molar-refractivity contribution in [2.24, 2.45) is 0 Å². The Labute approximate surface area is 113 Å². The number of hydrogen-bond donors (Lipinski definition) is 1. The molecule has 0 aliphatic rings. The van der Waals surface area contributed by atoms with Gasteiger partial charge in [-0.1, -0.05) is 42.5 Å². The number of hydrogen-bond acceptors (Lipinski definition) is 1. The summed E-state index contributed by atoms with van der Waals surface area (Å²) in [6, 6.07) is 12.2. The van der Waals surface area contributed by atoms with Crippen molar-refractivity contribution < 1.29 is 23.1 Å². The van der Waals surface area contributed by atoms with Gasteiger partial charge >= 0.3 is 12.1 Å². The van der Waals surface area contributed by atoms with Gasteiger partial charge in [0.15, 0.2) is 0 Å². The van der Waals surface area contributed by atoms with E-state index < -0.39 is 24.1 Å². The van der Waals surface area contributed by atoms with Crippen molar-refractivity contribution in [2.75, 3.05) is 0 Å². The molecule has 1 N–H and O–H groups in total. The van der Waals surface area contributed by atoms with Gasteiger partial charge in [0.2, 0.25) is 0 Å². The number of carboxylic acid groups (broad SMARTS) is 1. The van der Waals surface area contributed by atoms with Gasteiger partial charge in [0.25, 0.3) is 0 Å². The quantitative estimate of drug-likeness (QED) is 0.864. The van der Waals surface area contributed by atoms with Crippen molar-refractivity contribution >= 4 is 16.7 Å². The fourth-order valence-electron chi connectivity index (χ4n) is 1.95. The van der Waals surface area contributed by atoms with E-state index in [-0.39, 0.29) is 6.08 Å². The first-order valence-electron chi connectivity index (χ1n) is 5.84. The molecule has 0 bridgehead atoms. The molecule has 20 heavy (non-hydrogen) atoms. The number of carboxylic acids is 1. The Morgan fingerprint density at radius 1 is 1.10 bits per heavy atom. The predicted octanol–water partition coefficient (Wildman–Crippen LogP) is 3.96. The van der Waals surface area contributed by atoms with Crippen molar-refractivity contribution in [1.82, 2.24) is 0 Å². The summed E-state index contributed by atoms with van der Waals surface area (Å²) in [7, 11) is 0. The monoisotopic (exact) mass is 280 g/mol. The van der Waals surface area contributed by atoms with Crippen LogP contribution in [0.4, 0.5) is 13.2 Å². The highest BCUT2D eigenvalue weighted by Gasteiger charge is 2.34. The van der Waals surface area contributed by atoms with Crippen LogP contribution in [0.25, 0.3) is 10.8 Å². The van der Waals surface area contributed by atoms with E-state index in [2.05, 4.69) is 0 Å². The zero-order valence-corrected chi connectivity index (χ0v) is 10.3. The normalized spacial score (nSPS) is 12.7. The van der Waals surface area contributed by atoms with Crippen LogP contribution in [0.2, 0.25) is 0 Å². The number of allylic oxidation sites excluding steroid dienone is 1. The topological polar surface area (TPSA) is 37.3 Å². The first-order valence-corrected chi connectivity index (χ1v) is 5.84. The zero-order valence-electron chi connectivity index (χ0n) is 10.3. The van der Waals surface area contributed by atoms with Crippen LogP contribution in [-0.4, -0.2) is 17.3 Å². The fourth-order valence-corrected chi connectivity index (χ4v) is 1.95. The maximum Gasteiger partial charge on any atom is 0.413 e. The van der Waals surface area contributed by atoms with Gasteiger partial charge in [0.1, 0.15) is 0 Å². The minimum absolute atomic E-state index is 0.217. The molecule has 0 aliphatic carbocycles. The largest absolute Gasteiger partial charge is 0.478 e. The Balaban J connectivity index is 2.36. The Morgan fingerprint density at radius 3 is 2.35 bits per heavy atom. The summed E-state index contributed by atoms with van der Waals surface area (Å²) in [6.45, 7) is 0. The van der Waals surface area contributed by atoms with Crippen molar-refractivity contribution in [3.05, 3.63) is 59.7 Å². The molecule has 0 unspecified atom stereocenters. The molecule has 0 amide bonds.